The zero-order valence-electron chi connectivity index (χ0n) is 16.4. The number of sulfonamides is 1. The lowest BCUT2D eigenvalue weighted by Gasteiger charge is -2.18. The molecule has 0 aliphatic rings. The lowest BCUT2D eigenvalue weighted by atomic mass is 10.2. The van der Waals surface area contributed by atoms with Gasteiger partial charge >= 0.3 is 0 Å². The summed E-state index contributed by atoms with van der Waals surface area (Å²) >= 11 is 1.38. The van der Waals surface area contributed by atoms with E-state index < -0.39 is 10.0 Å². The smallest absolute Gasteiger partial charge is 0.237 e. The number of ether oxygens (including phenoxy) is 2. The molecule has 7 nitrogen and oxygen atoms in total. The lowest BCUT2D eigenvalue weighted by Crippen LogP contribution is -2.25. The van der Waals surface area contributed by atoms with Crippen molar-refractivity contribution in [2.75, 3.05) is 37.1 Å². The minimum Gasteiger partial charge on any atom is -0.493 e. The third-order valence-electron chi connectivity index (χ3n) is 4.01. The maximum absolute atomic E-state index is 12.6. The van der Waals surface area contributed by atoms with Crippen molar-refractivity contribution in [3.05, 3.63) is 42.5 Å². The highest BCUT2D eigenvalue weighted by molar-refractivity contribution is 8.00. The SMILES string of the molecule is COc1ccc(S[C@H](C)C(=O)Nc2cccc(N(C)S(C)(=O)=O)c2)cc1OC. The molecular weight excluding hydrogens is 400 g/mol. The number of carbonyl (C=O) groups excluding carboxylic acids is 1. The Bertz CT molecular complexity index is 947. The van der Waals surface area contributed by atoms with Gasteiger partial charge in [0.05, 0.1) is 31.4 Å². The van der Waals surface area contributed by atoms with Crippen LogP contribution in [0.25, 0.3) is 0 Å². The summed E-state index contributed by atoms with van der Waals surface area (Å²) in [5, 5.41) is 2.44. The summed E-state index contributed by atoms with van der Waals surface area (Å²) in [5.41, 5.74) is 0.998. The zero-order valence-corrected chi connectivity index (χ0v) is 18.1. The topological polar surface area (TPSA) is 84.9 Å². The highest BCUT2D eigenvalue weighted by Gasteiger charge is 2.17. The first kappa shape index (κ1) is 21.9. The van der Waals surface area contributed by atoms with Crippen LogP contribution < -0.4 is 19.1 Å². The van der Waals surface area contributed by atoms with E-state index in [1.807, 2.05) is 12.1 Å². The fraction of sp³-hybridized carbons (Fsp3) is 0.316. The minimum atomic E-state index is -3.38. The second-order valence-electron chi connectivity index (χ2n) is 6.05. The predicted octanol–water partition coefficient (Wildman–Crippen LogP) is 3.22. The van der Waals surface area contributed by atoms with E-state index in [9.17, 15) is 13.2 Å². The van der Waals surface area contributed by atoms with Crippen molar-refractivity contribution in [1.29, 1.82) is 0 Å². The molecule has 0 saturated heterocycles. The van der Waals surface area contributed by atoms with Gasteiger partial charge in [0.25, 0.3) is 0 Å². The zero-order chi connectivity index (χ0) is 20.9. The number of hydrogen-bond donors (Lipinski definition) is 1. The lowest BCUT2D eigenvalue weighted by molar-refractivity contribution is -0.115. The van der Waals surface area contributed by atoms with E-state index in [2.05, 4.69) is 5.32 Å². The van der Waals surface area contributed by atoms with Crippen LogP contribution in [0.4, 0.5) is 11.4 Å². The van der Waals surface area contributed by atoms with Gasteiger partial charge in [0.15, 0.2) is 11.5 Å². The molecule has 1 amide bonds. The van der Waals surface area contributed by atoms with Gasteiger partial charge in [-0.1, -0.05) is 6.07 Å². The van der Waals surface area contributed by atoms with E-state index in [1.165, 1.54) is 18.8 Å². The summed E-state index contributed by atoms with van der Waals surface area (Å²) in [5.74, 6) is 1.02. The molecule has 0 unspecified atom stereocenters. The summed E-state index contributed by atoms with van der Waals surface area (Å²) in [6.45, 7) is 1.79. The Morgan fingerprint density at radius 2 is 1.79 bits per heavy atom. The van der Waals surface area contributed by atoms with E-state index in [0.29, 0.717) is 22.9 Å². The second-order valence-corrected chi connectivity index (χ2v) is 9.47. The first-order valence-corrected chi connectivity index (χ1v) is 11.1. The van der Waals surface area contributed by atoms with Crippen molar-refractivity contribution in [2.45, 2.75) is 17.1 Å². The molecule has 0 bridgehead atoms. The van der Waals surface area contributed by atoms with Crippen LogP contribution in [0.15, 0.2) is 47.4 Å². The molecule has 0 fully saturated rings. The van der Waals surface area contributed by atoms with E-state index in [-0.39, 0.29) is 11.2 Å². The number of thioether (sulfide) groups is 1. The number of benzene rings is 2. The van der Waals surface area contributed by atoms with Gasteiger partial charge in [-0.3, -0.25) is 9.10 Å². The molecule has 1 atom stereocenters. The molecule has 0 radical (unpaired) electrons. The highest BCUT2D eigenvalue weighted by Crippen LogP contribution is 2.33. The van der Waals surface area contributed by atoms with Gasteiger partial charge in [0, 0.05) is 17.6 Å². The molecule has 0 aliphatic heterocycles. The Morgan fingerprint density at radius 1 is 1.11 bits per heavy atom. The van der Waals surface area contributed by atoms with Crippen LogP contribution in [0.1, 0.15) is 6.92 Å². The number of anilines is 2. The standard InChI is InChI=1S/C19H24N2O5S2/c1-13(27-16-9-10-17(25-3)18(12-16)26-4)19(22)20-14-7-6-8-15(11-14)21(2)28(5,23)24/h6-13H,1-5H3,(H,20,22)/t13-/m1/s1. The van der Waals surface area contributed by atoms with E-state index >= 15 is 0 Å². The Labute approximate surface area is 170 Å². The van der Waals surface area contributed by atoms with E-state index in [0.717, 1.165) is 15.5 Å². The van der Waals surface area contributed by atoms with Gasteiger partial charge in [0.1, 0.15) is 0 Å². The number of amides is 1. The highest BCUT2D eigenvalue weighted by atomic mass is 32.2. The summed E-state index contributed by atoms with van der Waals surface area (Å²) in [6, 6.07) is 12.2. The third kappa shape index (κ3) is 5.56. The van der Waals surface area contributed by atoms with Crippen LogP contribution in [-0.2, 0) is 14.8 Å². The average Bonchev–Trinajstić information content (AvgIpc) is 2.66. The van der Waals surface area contributed by atoms with Crippen molar-refractivity contribution < 1.29 is 22.7 Å². The maximum atomic E-state index is 12.6. The van der Waals surface area contributed by atoms with Crippen molar-refractivity contribution in [3.63, 3.8) is 0 Å². The molecule has 2 aromatic rings. The predicted molar refractivity (Wildman–Crippen MR) is 113 cm³/mol. The van der Waals surface area contributed by atoms with Crippen molar-refractivity contribution in [2.24, 2.45) is 0 Å². The van der Waals surface area contributed by atoms with Gasteiger partial charge in [-0.15, -0.1) is 11.8 Å². The number of nitrogens with zero attached hydrogens (tertiary/aromatic N) is 1. The number of methoxy groups -OCH3 is 2. The van der Waals surface area contributed by atoms with Gasteiger partial charge < -0.3 is 14.8 Å². The van der Waals surface area contributed by atoms with Crippen LogP contribution in [0.2, 0.25) is 0 Å². The monoisotopic (exact) mass is 424 g/mol. The summed E-state index contributed by atoms with van der Waals surface area (Å²) in [4.78, 5) is 13.4. The molecule has 0 heterocycles. The summed E-state index contributed by atoms with van der Waals surface area (Å²) in [7, 11) is 1.21. The molecule has 9 heteroatoms. The van der Waals surface area contributed by atoms with Crippen LogP contribution >= 0.6 is 11.8 Å². The van der Waals surface area contributed by atoms with Gasteiger partial charge in [0.2, 0.25) is 15.9 Å². The molecule has 28 heavy (non-hydrogen) atoms. The van der Waals surface area contributed by atoms with Crippen molar-refractivity contribution >= 4 is 39.1 Å². The maximum Gasteiger partial charge on any atom is 0.237 e. The fourth-order valence-electron chi connectivity index (χ4n) is 2.36. The van der Waals surface area contributed by atoms with Crippen LogP contribution in [0.3, 0.4) is 0 Å². The number of rotatable bonds is 8. The molecule has 152 valence electrons. The first-order valence-electron chi connectivity index (χ1n) is 8.39. The van der Waals surface area contributed by atoms with Crippen LogP contribution in [-0.4, -0.2) is 47.1 Å². The molecular formula is C19H24N2O5S2. The number of carbonyl (C=O) groups is 1. The summed E-state index contributed by atoms with van der Waals surface area (Å²) < 4.78 is 35.0. The Balaban J connectivity index is 2.09. The van der Waals surface area contributed by atoms with Crippen molar-refractivity contribution in [3.8, 4) is 11.5 Å². The Morgan fingerprint density at radius 3 is 2.39 bits per heavy atom. The van der Waals surface area contributed by atoms with Gasteiger partial charge in [-0.25, -0.2) is 8.42 Å². The van der Waals surface area contributed by atoms with Crippen molar-refractivity contribution in [1.82, 2.24) is 0 Å². The third-order valence-corrected chi connectivity index (χ3v) is 6.31. The van der Waals surface area contributed by atoms with Gasteiger partial charge in [-0.05, 0) is 43.3 Å². The Hall–Kier alpha value is -2.39. The minimum absolute atomic E-state index is 0.195. The van der Waals surface area contributed by atoms with E-state index in [4.69, 9.17) is 9.47 Å². The molecule has 0 aliphatic carbocycles. The summed E-state index contributed by atoms with van der Waals surface area (Å²) in [6.07, 6.45) is 1.13. The number of nitrogens with one attached hydrogen (secondary N) is 1. The molecule has 1 N–H and O–H groups in total. The van der Waals surface area contributed by atoms with Gasteiger partial charge in [-0.2, -0.15) is 0 Å². The normalized spacial score (nSPS) is 12.2. The molecule has 0 aromatic heterocycles. The van der Waals surface area contributed by atoms with Crippen LogP contribution in [0.5, 0.6) is 11.5 Å². The first-order chi connectivity index (χ1) is 13.2. The molecule has 2 aromatic carbocycles. The molecule has 2 rings (SSSR count). The number of hydrogen-bond acceptors (Lipinski definition) is 6. The quantitative estimate of drug-likeness (QED) is 0.655. The molecule has 0 spiro atoms. The largest absolute Gasteiger partial charge is 0.493 e. The molecule has 0 saturated carbocycles. The fourth-order valence-corrected chi connectivity index (χ4v) is 3.75. The van der Waals surface area contributed by atoms with Crippen LogP contribution in [0, 0.1) is 0 Å². The Kier molecular flexibility index (Phi) is 7.20. The second kappa shape index (κ2) is 9.20. The average molecular weight is 425 g/mol. The van der Waals surface area contributed by atoms with E-state index in [1.54, 1.807) is 51.5 Å².